The van der Waals surface area contributed by atoms with Crippen LogP contribution in [-0.4, -0.2) is 40.7 Å². The molecule has 1 rings (SSSR count). The van der Waals surface area contributed by atoms with E-state index in [0.29, 0.717) is 0 Å². The Hall–Kier alpha value is -3.37. The van der Waals surface area contributed by atoms with Crippen LogP contribution in [0.25, 0.3) is 0 Å². The number of aliphatic imine (C=N–C) groups is 1. The zero-order valence-corrected chi connectivity index (χ0v) is 13.3. The number of rotatable bonds is 9. The smallest absolute Gasteiger partial charge is 0.414 e. The van der Waals surface area contributed by atoms with Gasteiger partial charge in [-0.3, -0.25) is 10.3 Å². The Kier molecular flexibility index (Phi) is 8.20. The van der Waals surface area contributed by atoms with Crippen molar-refractivity contribution in [1.82, 2.24) is 10.7 Å². The monoisotopic (exact) mass is 353 g/mol. The zero-order valence-electron chi connectivity index (χ0n) is 13.3. The Morgan fingerprint density at radius 2 is 2.04 bits per heavy atom. The van der Waals surface area contributed by atoms with Crippen LogP contribution < -0.4 is 16.5 Å². The molecule has 0 heterocycles. The highest BCUT2D eigenvalue weighted by atomic mass is 16.7. The highest BCUT2D eigenvalue weighted by Gasteiger charge is 2.21. The number of guanidine groups is 1. The molecule has 0 aliphatic heterocycles. The van der Waals surface area contributed by atoms with Gasteiger partial charge in [-0.25, -0.2) is 19.7 Å². The summed E-state index contributed by atoms with van der Waals surface area (Å²) in [7, 11) is 0. The van der Waals surface area contributed by atoms with E-state index in [1.165, 1.54) is 0 Å². The Balaban J connectivity index is 2.29. The molecule has 0 saturated heterocycles. The molecule has 0 fully saturated rings. The molecule has 5 N–H and O–H groups in total. The predicted molar refractivity (Wildman–Crippen MR) is 87.0 cm³/mol. The van der Waals surface area contributed by atoms with Crippen LogP contribution in [0.5, 0.6) is 0 Å². The number of amides is 1. The maximum atomic E-state index is 11.5. The molecule has 1 amide bonds. The summed E-state index contributed by atoms with van der Waals surface area (Å²) in [5.41, 5.74) is 8.00. The van der Waals surface area contributed by atoms with Gasteiger partial charge in [-0.2, -0.15) is 0 Å². The molecular formula is C14H19N5O6. The van der Waals surface area contributed by atoms with Gasteiger partial charge in [0.15, 0.2) is 17.0 Å². The van der Waals surface area contributed by atoms with E-state index in [1.54, 1.807) is 17.6 Å². The number of benzene rings is 1. The summed E-state index contributed by atoms with van der Waals surface area (Å²) in [4.78, 5) is 36.4. The summed E-state index contributed by atoms with van der Waals surface area (Å²) < 4.78 is 4.94. The topological polar surface area (TPSA) is 169 Å². The fraction of sp³-hybridized carbons (Fsp3) is 0.357. The first kappa shape index (κ1) is 19.7. The van der Waals surface area contributed by atoms with Gasteiger partial charge >= 0.3 is 12.1 Å². The molecule has 11 nitrogen and oxygen atoms in total. The molecule has 136 valence electrons. The van der Waals surface area contributed by atoms with Crippen molar-refractivity contribution in [2.75, 3.05) is 6.54 Å². The van der Waals surface area contributed by atoms with Crippen LogP contribution in [0.15, 0.2) is 35.3 Å². The number of carbonyl (C=O) groups excluding carboxylic acids is 1. The van der Waals surface area contributed by atoms with Gasteiger partial charge in [0, 0.05) is 6.54 Å². The number of hydrazine groups is 1. The third-order valence-corrected chi connectivity index (χ3v) is 2.94. The van der Waals surface area contributed by atoms with Gasteiger partial charge in [0.1, 0.15) is 6.61 Å². The van der Waals surface area contributed by atoms with Crippen molar-refractivity contribution in [3.8, 4) is 0 Å². The maximum absolute atomic E-state index is 11.5. The van der Waals surface area contributed by atoms with E-state index in [2.05, 4.69) is 10.3 Å². The SMILES string of the molecule is NC(=NCCCC(N[N+](=O)[O-])C(=O)O)NC(=O)OCc1ccccc1. The molecule has 1 unspecified atom stereocenters. The van der Waals surface area contributed by atoms with Crippen molar-refractivity contribution in [3.63, 3.8) is 0 Å². The first-order valence-electron chi connectivity index (χ1n) is 7.29. The maximum Gasteiger partial charge on any atom is 0.414 e. The Morgan fingerprint density at radius 1 is 1.36 bits per heavy atom. The van der Waals surface area contributed by atoms with Gasteiger partial charge in [-0.05, 0) is 18.4 Å². The minimum Gasteiger partial charge on any atom is -0.480 e. The standard InChI is InChI=1S/C14H19N5O6/c15-13(16-8-4-7-11(12(20)21)18-19(23)24)17-14(22)25-9-10-5-2-1-3-6-10/h1-3,5-6,11,18H,4,7-9H2,(H,20,21)(H3,15,16,17,22). The second-order valence-corrected chi connectivity index (χ2v) is 4.87. The largest absolute Gasteiger partial charge is 0.480 e. The number of nitrogens with zero attached hydrogens (tertiary/aromatic N) is 2. The van der Waals surface area contributed by atoms with E-state index >= 15 is 0 Å². The van der Waals surface area contributed by atoms with Crippen LogP contribution >= 0.6 is 0 Å². The van der Waals surface area contributed by atoms with Crippen LogP contribution in [0.2, 0.25) is 0 Å². The van der Waals surface area contributed by atoms with Crippen molar-refractivity contribution in [2.24, 2.45) is 10.7 Å². The average Bonchev–Trinajstić information content (AvgIpc) is 2.56. The van der Waals surface area contributed by atoms with Crippen molar-refractivity contribution in [3.05, 3.63) is 46.0 Å². The van der Waals surface area contributed by atoms with Crippen LogP contribution in [0.4, 0.5) is 4.79 Å². The Bertz CT molecular complexity index is 621. The number of nitrogens with two attached hydrogens (primary N) is 1. The number of ether oxygens (including phenoxy) is 1. The third-order valence-electron chi connectivity index (χ3n) is 2.94. The van der Waals surface area contributed by atoms with Crippen molar-refractivity contribution < 1.29 is 24.5 Å². The lowest BCUT2D eigenvalue weighted by atomic mass is 10.2. The minimum absolute atomic E-state index is 0.0223. The summed E-state index contributed by atoms with van der Waals surface area (Å²) in [5.74, 6) is -1.52. The number of nitrogens with one attached hydrogen (secondary N) is 2. The number of alkyl carbamates (subject to hydrolysis) is 1. The van der Waals surface area contributed by atoms with Gasteiger partial charge in [0.25, 0.3) is 0 Å². The van der Waals surface area contributed by atoms with Crippen molar-refractivity contribution in [2.45, 2.75) is 25.5 Å². The normalized spacial score (nSPS) is 12.1. The van der Waals surface area contributed by atoms with Crippen molar-refractivity contribution >= 4 is 18.0 Å². The second-order valence-electron chi connectivity index (χ2n) is 4.87. The molecule has 0 bridgehead atoms. The Morgan fingerprint density at radius 3 is 2.64 bits per heavy atom. The zero-order chi connectivity index (χ0) is 18.7. The summed E-state index contributed by atoms with van der Waals surface area (Å²) in [6.07, 6.45) is -0.575. The number of nitro groups is 1. The number of hydrogen-bond acceptors (Lipinski definition) is 6. The fourth-order valence-corrected chi connectivity index (χ4v) is 1.77. The number of carboxylic acid groups (broad SMARTS) is 1. The molecular weight excluding hydrogens is 334 g/mol. The van der Waals surface area contributed by atoms with E-state index in [9.17, 15) is 19.7 Å². The summed E-state index contributed by atoms with van der Waals surface area (Å²) >= 11 is 0. The quantitative estimate of drug-likeness (QED) is 0.161. The van der Waals surface area contributed by atoms with Gasteiger partial charge in [0.05, 0.1) is 0 Å². The van der Waals surface area contributed by atoms with Gasteiger partial charge in [-0.1, -0.05) is 30.3 Å². The molecule has 25 heavy (non-hydrogen) atoms. The second kappa shape index (κ2) is 10.4. The summed E-state index contributed by atoms with van der Waals surface area (Å²) in [6.45, 7) is 0.167. The summed E-state index contributed by atoms with van der Waals surface area (Å²) in [5, 5.41) is 20.4. The number of carboxylic acids is 1. The molecule has 1 aromatic carbocycles. The highest BCUT2D eigenvalue weighted by molar-refractivity contribution is 5.92. The molecule has 1 aromatic rings. The first-order chi connectivity index (χ1) is 11.9. The van der Waals surface area contributed by atoms with Crippen LogP contribution in [0.3, 0.4) is 0 Å². The van der Waals surface area contributed by atoms with E-state index < -0.39 is 23.1 Å². The number of hydrogen-bond donors (Lipinski definition) is 4. The molecule has 0 aliphatic rings. The molecule has 0 spiro atoms. The number of carbonyl (C=O) groups is 2. The molecule has 11 heteroatoms. The summed E-state index contributed by atoms with van der Waals surface area (Å²) in [6, 6.07) is 7.72. The molecule has 1 atom stereocenters. The molecule has 0 saturated carbocycles. The lowest BCUT2D eigenvalue weighted by Gasteiger charge is -2.08. The fourth-order valence-electron chi connectivity index (χ4n) is 1.77. The van der Waals surface area contributed by atoms with Crippen LogP contribution in [0.1, 0.15) is 18.4 Å². The predicted octanol–water partition coefficient (Wildman–Crippen LogP) is 0.242. The van der Waals surface area contributed by atoms with E-state index in [-0.39, 0.29) is 32.0 Å². The van der Waals surface area contributed by atoms with Gasteiger partial charge < -0.3 is 15.6 Å². The van der Waals surface area contributed by atoms with Crippen LogP contribution in [0, 0.1) is 10.1 Å². The lowest BCUT2D eigenvalue weighted by Crippen LogP contribution is -2.40. The highest BCUT2D eigenvalue weighted by Crippen LogP contribution is 2.00. The molecule has 0 radical (unpaired) electrons. The van der Waals surface area contributed by atoms with Crippen LogP contribution in [-0.2, 0) is 16.1 Å². The van der Waals surface area contributed by atoms with Crippen molar-refractivity contribution in [1.29, 1.82) is 0 Å². The molecule has 0 aromatic heterocycles. The van der Waals surface area contributed by atoms with Gasteiger partial charge in [-0.15, -0.1) is 5.43 Å². The third kappa shape index (κ3) is 8.74. The van der Waals surface area contributed by atoms with E-state index in [1.807, 2.05) is 18.2 Å². The van der Waals surface area contributed by atoms with E-state index in [0.717, 1.165) is 5.56 Å². The first-order valence-corrected chi connectivity index (χ1v) is 7.29. The molecule has 0 aliphatic carbocycles. The average molecular weight is 353 g/mol. The number of aliphatic carboxylic acids is 1. The minimum atomic E-state index is -1.34. The Labute approximate surface area is 143 Å². The van der Waals surface area contributed by atoms with Gasteiger partial charge in [0.2, 0.25) is 0 Å². The van der Waals surface area contributed by atoms with E-state index in [4.69, 9.17) is 15.6 Å². The lowest BCUT2D eigenvalue weighted by molar-refractivity contribution is -0.549.